The fraction of sp³-hybridized carbons (Fsp3) is 0.429. The summed E-state index contributed by atoms with van der Waals surface area (Å²) in [6.45, 7) is 10.2. The van der Waals surface area contributed by atoms with Gasteiger partial charge in [-0.2, -0.15) is 0 Å². The summed E-state index contributed by atoms with van der Waals surface area (Å²) < 4.78 is 17.1. The number of H-pyrrole nitrogens is 1. The smallest absolute Gasteiger partial charge is 0.410 e. The average molecular weight is 520 g/mol. The van der Waals surface area contributed by atoms with E-state index in [1.807, 2.05) is 63.4 Å². The lowest BCUT2D eigenvalue weighted by molar-refractivity contribution is -0.146. The largest absolute Gasteiger partial charge is 0.466 e. The number of carbonyl (C=O) groups is 2. The molecule has 1 N–H and O–H groups in total. The van der Waals surface area contributed by atoms with Crippen molar-refractivity contribution in [1.29, 1.82) is 0 Å². The van der Waals surface area contributed by atoms with Crippen LogP contribution < -0.4 is 4.90 Å². The van der Waals surface area contributed by atoms with E-state index in [4.69, 9.17) is 14.2 Å². The molecule has 1 amide bonds. The average Bonchev–Trinajstić information content (AvgIpc) is 3.56. The molecule has 0 radical (unpaired) electrons. The summed E-state index contributed by atoms with van der Waals surface area (Å²) in [6.07, 6.45) is 2.61. The maximum atomic E-state index is 12.8. The van der Waals surface area contributed by atoms with Crippen molar-refractivity contribution in [2.45, 2.75) is 45.4 Å². The summed E-state index contributed by atoms with van der Waals surface area (Å²) in [5, 5.41) is 0.871. The highest BCUT2D eigenvalue weighted by atomic mass is 16.6. The van der Waals surface area contributed by atoms with Crippen LogP contribution in [-0.2, 0) is 19.0 Å². The zero-order valence-electron chi connectivity index (χ0n) is 22.1. The highest BCUT2D eigenvalue weighted by Crippen LogP contribution is 2.34. The quantitative estimate of drug-likeness (QED) is 0.506. The minimum Gasteiger partial charge on any atom is -0.466 e. The Balaban J connectivity index is 1.30. The van der Waals surface area contributed by atoms with Crippen molar-refractivity contribution in [3.8, 4) is 0 Å². The molecule has 2 unspecified atom stereocenters. The fourth-order valence-electron chi connectivity index (χ4n) is 4.69. The molecule has 0 spiro atoms. The number of anilines is 1. The number of hydrogen-bond acceptors (Lipinski definition) is 8. The molecule has 3 aromatic rings. The number of ether oxygens (including phenoxy) is 3. The number of piperazine rings is 1. The van der Waals surface area contributed by atoms with Crippen LogP contribution in [0.4, 0.5) is 10.5 Å². The molecular weight excluding hydrogens is 486 g/mol. The van der Waals surface area contributed by atoms with Crippen molar-refractivity contribution in [3.05, 3.63) is 59.9 Å². The highest BCUT2D eigenvalue weighted by Gasteiger charge is 2.39. The van der Waals surface area contributed by atoms with Gasteiger partial charge in [0, 0.05) is 55.2 Å². The number of rotatable bonds is 5. The fourth-order valence-corrected chi connectivity index (χ4v) is 4.69. The Bertz CT molecular complexity index is 1340. The van der Waals surface area contributed by atoms with E-state index in [0.717, 1.165) is 27.8 Å². The number of nitrogens with one attached hydrogen (secondary N) is 1. The van der Waals surface area contributed by atoms with Gasteiger partial charge in [0.1, 0.15) is 11.2 Å². The molecule has 38 heavy (non-hydrogen) atoms. The summed E-state index contributed by atoms with van der Waals surface area (Å²) in [5.41, 5.74) is 2.85. The maximum Gasteiger partial charge on any atom is 0.410 e. The number of pyridine rings is 1. The molecule has 1 fully saturated rings. The molecular formula is C28H33N5O5. The van der Waals surface area contributed by atoms with Gasteiger partial charge in [0.25, 0.3) is 0 Å². The first-order valence-corrected chi connectivity index (χ1v) is 12.9. The van der Waals surface area contributed by atoms with Crippen LogP contribution in [0.3, 0.4) is 0 Å². The summed E-state index contributed by atoms with van der Waals surface area (Å²) in [5.74, 6) is -0.0309. The lowest BCUT2D eigenvalue weighted by Crippen LogP contribution is -2.50. The Morgan fingerprint density at radius 3 is 2.50 bits per heavy atom. The van der Waals surface area contributed by atoms with Gasteiger partial charge in [-0.1, -0.05) is 12.1 Å². The molecule has 1 aromatic carbocycles. The van der Waals surface area contributed by atoms with Crippen LogP contribution in [-0.4, -0.2) is 77.3 Å². The number of aromatic nitrogens is 2. The highest BCUT2D eigenvalue weighted by molar-refractivity contribution is 6.07. The Kier molecular flexibility index (Phi) is 6.96. The second kappa shape index (κ2) is 10.4. The molecule has 10 heteroatoms. The molecule has 0 bridgehead atoms. The molecule has 0 saturated carbocycles. The molecule has 200 valence electrons. The van der Waals surface area contributed by atoms with E-state index in [1.165, 1.54) is 0 Å². The van der Waals surface area contributed by atoms with Gasteiger partial charge in [-0.3, -0.25) is 0 Å². The number of fused-ring (bicyclic) bond motifs is 1. The number of amides is 1. The number of nitrogens with zero attached hydrogens (tertiary/aromatic N) is 4. The van der Waals surface area contributed by atoms with Crippen LogP contribution in [0.2, 0.25) is 0 Å². The van der Waals surface area contributed by atoms with E-state index in [2.05, 4.69) is 19.9 Å². The standard InChI is InChI=1S/C28H33N5O5/c1-5-36-26(34)22-23(37-25(31-22)21-11-13-30-24-20(21)10-12-29-24)18-6-8-19(9-7-18)32-14-16-33(17-15-32)27(35)38-28(2,3)4/h6-13,22-23H,5,14-17H2,1-4H3,(H,29,30). The zero-order valence-corrected chi connectivity index (χ0v) is 22.1. The lowest BCUT2D eigenvalue weighted by Gasteiger charge is -2.36. The number of aromatic amines is 1. The van der Waals surface area contributed by atoms with Crippen molar-refractivity contribution < 1.29 is 23.8 Å². The maximum absolute atomic E-state index is 12.8. The van der Waals surface area contributed by atoms with Gasteiger partial charge >= 0.3 is 12.1 Å². The number of esters is 1. The van der Waals surface area contributed by atoms with Crippen molar-refractivity contribution in [1.82, 2.24) is 14.9 Å². The number of benzene rings is 1. The molecule has 2 aliphatic heterocycles. The predicted octanol–water partition coefficient (Wildman–Crippen LogP) is 4.07. The van der Waals surface area contributed by atoms with Crippen LogP contribution in [0.15, 0.2) is 53.8 Å². The number of aliphatic imine (C=N–C) groups is 1. The first-order valence-electron chi connectivity index (χ1n) is 12.9. The van der Waals surface area contributed by atoms with Gasteiger partial charge in [-0.05, 0) is 57.5 Å². The minimum atomic E-state index is -0.810. The Hall–Kier alpha value is -4.08. The molecule has 2 aliphatic rings. The Morgan fingerprint density at radius 1 is 1.08 bits per heavy atom. The van der Waals surface area contributed by atoms with Crippen molar-refractivity contribution in [2.24, 2.45) is 4.99 Å². The topological polar surface area (TPSA) is 109 Å². The van der Waals surface area contributed by atoms with Crippen LogP contribution in [0, 0.1) is 0 Å². The van der Waals surface area contributed by atoms with Gasteiger partial charge in [0.2, 0.25) is 5.90 Å². The number of carbonyl (C=O) groups excluding carboxylic acids is 2. The summed E-state index contributed by atoms with van der Waals surface area (Å²) >= 11 is 0. The van der Waals surface area contributed by atoms with Gasteiger partial charge < -0.3 is 29.0 Å². The summed E-state index contributed by atoms with van der Waals surface area (Å²) in [7, 11) is 0. The predicted molar refractivity (Wildman–Crippen MR) is 143 cm³/mol. The third kappa shape index (κ3) is 5.29. The third-order valence-corrected chi connectivity index (χ3v) is 6.52. The third-order valence-electron chi connectivity index (χ3n) is 6.52. The Labute approximate surface area is 221 Å². The second-order valence-electron chi connectivity index (χ2n) is 10.3. The normalized spacial score (nSPS) is 19.7. The zero-order chi connectivity index (χ0) is 26.9. The van der Waals surface area contributed by atoms with Crippen LogP contribution >= 0.6 is 0 Å². The van der Waals surface area contributed by atoms with E-state index < -0.39 is 23.7 Å². The molecule has 2 aromatic heterocycles. The van der Waals surface area contributed by atoms with Gasteiger partial charge in [0.05, 0.1) is 6.61 Å². The van der Waals surface area contributed by atoms with Crippen LogP contribution in [0.25, 0.3) is 11.0 Å². The van der Waals surface area contributed by atoms with E-state index in [9.17, 15) is 9.59 Å². The molecule has 4 heterocycles. The van der Waals surface area contributed by atoms with E-state index in [-0.39, 0.29) is 12.7 Å². The molecule has 0 aliphatic carbocycles. The molecule has 2 atom stereocenters. The molecule has 1 saturated heterocycles. The van der Waals surface area contributed by atoms with Crippen LogP contribution in [0.1, 0.15) is 44.9 Å². The molecule has 10 nitrogen and oxygen atoms in total. The summed E-state index contributed by atoms with van der Waals surface area (Å²) in [4.78, 5) is 41.2. The first-order chi connectivity index (χ1) is 18.2. The van der Waals surface area contributed by atoms with Gasteiger partial charge in [-0.15, -0.1) is 0 Å². The van der Waals surface area contributed by atoms with Crippen molar-refractivity contribution >= 4 is 34.7 Å². The van der Waals surface area contributed by atoms with Crippen molar-refractivity contribution in [2.75, 3.05) is 37.7 Å². The van der Waals surface area contributed by atoms with Crippen LogP contribution in [0.5, 0.6) is 0 Å². The molecule has 5 rings (SSSR count). The second-order valence-corrected chi connectivity index (χ2v) is 10.3. The Morgan fingerprint density at radius 2 is 1.82 bits per heavy atom. The van der Waals surface area contributed by atoms with Crippen molar-refractivity contribution in [3.63, 3.8) is 0 Å². The minimum absolute atomic E-state index is 0.262. The number of hydrogen-bond donors (Lipinski definition) is 1. The van der Waals surface area contributed by atoms with Gasteiger partial charge in [-0.25, -0.2) is 19.6 Å². The summed E-state index contributed by atoms with van der Waals surface area (Å²) in [6, 6.07) is 10.9. The van der Waals surface area contributed by atoms with E-state index in [0.29, 0.717) is 32.1 Å². The van der Waals surface area contributed by atoms with Gasteiger partial charge in [0.15, 0.2) is 12.1 Å². The lowest BCUT2D eigenvalue weighted by atomic mass is 10.0. The monoisotopic (exact) mass is 519 g/mol. The van der Waals surface area contributed by atoms with E-state index >= 15 is 0 Å². The SMILES string of the molecule is CCOC(=O)C1N=C(c2ccnc3[nH]ccc23)OC1c1ccc(N2CCN(C(=O)OC(C)(C)C)CC2)cc1. The van der Waals surface area contributed by atoms with E-state index in [1.54, 1.807) is 18.0 Å². The first kappa shape index (κ1) is 25.6.